The minimum atomic E-state index is 0.259. The fourth-order valence-corrected chi connectivity index (χ4v) is 4.27. The number of ketones is 1. The first-order valence-electron chi connectivity index (χ1n) is 6.69. The number of hydrogen-bond acceptors (Lipinski definition) is 2. The molecule has 1 aliphatic heterocycles. The van der Waals surface area contributed by atoms with Crippen LogP contribution in [-0.2, 0) is 4.79 Å². The number of hydrogen-bond donors (Lipinski definition) is 1. The van der Waals surface area contributed by atoms with E-state index in [0.29, 0.717) is 23.7 Å². The van der Waals surface area contributed by atoms with E-state index >= 15 is 0 Å². The molecule has 0 amide bonds. The molecule has 17 heavy (non-hydrogen) atoms. The molecule has 5 atom stereocenters. The fourth-order valence-electron chi connectivity index (χ4n) is 4.27. The Bertz CT molecular complexity index is 455. The van der Waals surface area contributed by atoms with E-state index in [9.17, 15) is 4.79 Å². The second-order valence-electron chi connectivity index (χ2n) is 5.76. The van der Waals surface area contributed by atoms with Crippen molar-refractivity contribution in [3.63, 3.8) is 0 Å². The smallest absolute Gasteiger partial charge is 0.141 e. The van der Waals surface area contributed by atoms with Crippen LogP contribution in [0.2, 0.25) is 0 Å². The van der Waals surface area contributed by atoms with Crippen LogP contribution in [0.3, 0.4) is 0 Å². The van der Waals surface area contributed by atoms with E-state index in [4.69, 9.17) is 0 Å². The molecule has 1 N–H and O–H groups in total. The van der Waals surface area contributed by atoms with E-state index in [2.05, 4.69) is 29.6 Å². The maximum absolute atomic E-state index is 12.4. The highest BCUT2D eigenvalue weighted by Gasteiger charge is 2.56. The van der Waals surface area contributed by atoms with Crippen LogP contribution in [0, 0.1) is 17.8 Å². The summed E-state index contributed by atoms with van der Waals surface area (Å²) in [5, 5.41) is 3.71. The number of benzene rings is 1. The molecule has 0 aromatic heterocycles. The third kappa shape index (κ3) is 1.28. The first kappa shape index (κ1) is 9.84. The zero-order chi connectivity index (χ0) is 11.4. The summed E-state index contributed by atoms with van der Waals surface area (Å²) < 4.78 is 0. The molecule has 1 saturated heterocycles. The quantitative estimate of drug-likeness (QED) is 0.797. The summed E-state index contributed by atoms with van der Waals surface area (Å²) in [6, 6.07) is 11.4. The van der Waals surface area contributed by atoms with E-state index in [1.165, 1.54) is 12.0 Å². The molecule has 88 valence electrons. The number of rotatable bonds is 1. The van der Waals surface area contributed by atoms with Crippen molar-refractivity contribution < 1.29 is 4.79 Å². The van der Waals surface area contributed by atoms with E-state index < -0.39 is 0 Å². The third-order valence-electron chi connectivity index (χ3n) is 5.01. The Balaban J connectivity index is 1.74. The Hall–Kier alpha value is -1.15. The van der Waals surface area contributed by atoms with Crippen LogP contribution in [0.5, 0.6) is 0 Å². The van der Waals surface area contributed by atoms with Crippen molar-refractivity contribution in [2.75, 3.05) is 0 Å². The summed E-state index contributed by atoms with van der Waals surface area (Å²) in [5.74, 6) is 1.76. The van der Waals surface area contributed by atoms with Gasteiger partial charge in [0.2, 0.25) is 0 Å². The highest BCUT2D eigenvalue weighted by atomic mass is 16.1. The summed E-state index contributed by atoms with van der Waals surface area (Å²) in [6.07, 6.45) is 3.48. The predicted molar refractivity (Wildman–Crippen MR) is 65.4 cm³/mol. The Morgan fingerprint density at radius 1 is 1.12 bits per heavy atom. The van der Waals surface area contributed by atoms with E-state index in [-0.39, 0.29) is 12.0 Å². The van der Waals surface area contributed by atoms with E-state index in [1.807, 2.05) is 6.07 Å². The first-order valence-corrected chi connectivity index (χ1v) is 6.69. The zero-order valence-electron chi connectivity index (χ0n) is 9.80. The fraction of sp³-hybridized carbons (Fsp3) is 0.533. The summed E-state index contributed by atoms with van der Waals surface area (Å²) in [7, 11) is 0. The van der Waals surface area contributed by atoms with Crippen LogP contribution in [0.4, 0.5) is 0 Å². The normalized spacial score (nSPS) is 43.1. The van der Waals surface area contributed by atoms with Crippen LogP contribution in [0.25, 0.3) is 0 Å². The van der Waals surface area contributed by atoms with Gasteiger partial charge < -0.3 is 5.32 Å². The van der Waals surface area contributed by atoms with Gasteiger partial charge in [-0.1, -0.05) is 30.3 Å². The summed E-state index contributed by atoms with van der Waals surface area (Å²) in [6.45, 7) is 0. The lowest BCUT2D eigenvalue weighted by Gasteiger charge is -2.40. The molecular weight excluding hydrogens is 210 g/mol. The average molecular weight is 227 g/mol. The molecule has 0 spiro atoms. The molecule has 1 aromatic carbocycles. The Morgan fingerprint density at radius 2 is 1.94 bits per heavy atom. The number of nitrogens with one attached hydrogen (secondary N) is 1. The number of carbonyl (C=O) groups excluding carboxylic acids is 1. The largest absolute Gasteiger partial charge is 0.306 e. The number of carbonyl (C=O) groups is 1. The maximum Gasteiger partial charge on any atom is 0.141 e. The van der Waals surface area contributed by atoms with Gasteiger partial charge in [0.25, 0.3) is 0 Å². The predicted octanol–water partition coefficient (Wildman–Crippen LogP) is 2.31. The topological polar surface area (TPSA) is 29.1 Å². The van der Waals surface area contributed by atoms with Gasteiger partial charge >= 0.3 is 0 Å². The monoisotopic (exact) mass is 227 g/mol. The van der Waals surface area contributed by atoms with Gasteiger partial charge in [-0.25, -0.2) is 0 Å². The highest BCUT2D eigenvalue weighted by molar-refractivity contribution is 5.87. The zero-order valence-corrected chi connectivity index (χ0v) is 9.80. The van der Waals surface area contributed by atoms with Crippen molar-refractivity contribution >= 4 is 5.78 Å². The first-order chi connectivity index (χ1) is 8.34. The van der Waals surface area contributed by atoms with Crippen LogP contribution in [0.15, 0.2) is 30.3 Å². The van der Waals surface area contributed by atoms with Gasteiger partial charge in [0.05, 0.1) is 0 Å². The maximum atomic E-state index is 12.4. The van der Waals surface area contributed by atoms with Crippen LogP contribution in [-0.4, -0.2) is 11.8 Å². The molecule has 1 aromatic rings. The second-order valence-corrected chi connectivity index (χ2v) is 5.76. The lowest BCUT2D eigenvalue weighted by Crippen LogP contribution is -2.44. The van der Waals surface area contributed by atoms with Crippen molar-refractivity contribution in [2.24, 2.45) is 17.8 Å². The molecule has 2 heteroatoms. The summed E-state index contributed by atoms with van der Waals surface area (Å²) >= 11 is 0. The molecule has 4 aliphatic rings. The van der Waals surface area contributed by atoms with E-state index in [0.717, 1.165) is 12.8 Å². The van der Waals surface area contributed by atoms with Crippen molar-refractivity contribution in [1.82, 2.24) is 5.32 Å². The summed E-state index contributed by atoms with van der Waals surface area (Å²) in [4.78, 5) is 12.4. The standard InChI is InChI=1S/C15H17NO/c17-15-10-6-7-11-12(8-10)16-14(13(11)15)9-4-2-1-3-5-9/h1-5,10-14,16H,6-8H2/t10-,11+,12+,13+,14?/m1/s1. The Kier molecular flexibility index (Phi) is 1.98. The minimum absolute atomic E-state index is 0.259. The number of Topliss-reactive ketones (excluding diaryl/α,β-unsaturated/α-hetero) is 1. The van der Waals surface area contributed by atoms with Gasteiger partial charge in [0.1, 0.15) is 5.78 Å². The molecule has 3 saturated carbocycles. The van der Waals surface area contributed by atoms with Gasteiger partial charge in [-0.15, -0.1) is 0 Å². The van der Waals surface area contributed by atoms with Crippen molar-refractivity contribution in [1.29, 1.82) is 0 Å². The second kappa shape index (κ2) is 3.42. The molecule has 2 nitrogen and oxygen atoms in total. The molecular formula is C15H17NO. The van der Waals surface area contributed by atoms with Gasteiger partial charge in [0, 0.05) is 23.9 Å². The number of fused-ring (bicyclic) bond motifs is 1. The van der Waals surface area contributed by atoms with Gasteiger partial charge in [-0.05, 0) is 30.7 Å². The van der Waals surface area contributed by atoms with Crippen molar-refractivity contribution in [3.8, 4) is 0 Å². The SMILES string of the molecule is O=C1[C@@H]2CC[C@H]3[C@H](C2)NC(c2ccccc2)[C@@H]13. The molecule has 4 fully saturated rings. The lowest BCUT2D eigenvalue weighted by molar-refractivity contribution is -0.134. The average Bonchev–Trinajstić information content (AvgIpc) is 2.71. The third-order valence-corrected chi connectivity index (χ3v) is 5.01. The lowest BCUT2D eigenvalue weighted by atomic mass is 9.62. The highest BCUT2D eigenvalue weighted by Crippen LogP contribution is 2.52. The molecule has 1 unspecified atom stereocenters. The Morgan fingerprint density at radius 3 is 2.76 bits per heavy atom. The van der Waals surface area contributed by atoms with Gasteiger partial charge in [0.15, 0.2) is 0 Å². The molecule has 1 heterocycles. The molecule has 5 rings (SSSR count). The minimum Gasteiger partial charge on any atom is -0.306 e. The van der Waals surface area contributed by atoms with Crippen molar-refractivity contribution in [2.45, 2.75) is 31.3 Å². The van der Waals surface area contributed by atoms with Gasteiger partial charge in [-0.2, -0.15) is 0 Å². The summed E-state index contributed by atoms with van der Waals surface area (Å²) in [5.41, 5.74) is 1.29. The molecule has 4 bridgehead atoms. The molecule has 0 radical (unpaired) electrons. The van der Waals surface area contributed by atoms with E-state index in [1.54, 1.807) is 0 Å². The van der Waals surface area contributed by atoms with Gasteiger partial charge in [-0.3, -0.25) is 4.79 Å². The van der Waals surface area contributed by atoms with Crippen LogP contribution in [0.1, 0.15) is 30.9 Å². The molecule has 3 aliphatic carbocycles. The Labute approximate surface area is 101 Å². The van der Waals surface area contributed by atoms with Crippen molar-refractivity contribution in [3.05, 3.63) is 35.9 Å². The van der Waals surface area contributed by atoms with Crippen LogP contribution < -0.4 is 5.32 Å². The van der Waals surface area contributed by atoms with Crippen LogP contribution >= 0.6 is 0 Å².